The Bertz CT molecular complexity index is 1010. The molecule has 6 heteroatoms. The number of rotatable bonds is 4. The number of aromatic hydroxyl groups is 1. The lowest BCUT2D eigenvalue weighted by atomic mass is 10.0. The lowest BCUT2D eigenvalue weighted by Crippen LogP contribution is -2.48. The highest BCUT2D eigenvalue weighted by Crippen LogP contribution is 2.32. The number of carbonyl (C=O) groups excluding carboxylic acids is 1. The molecule has 1 aliphatic heterocycles. The molecule has 4 rings (SSSR count). The number of phenols is 1. The highest BCUT2D eigenvalue weighted by atomic mass is 16.3. The molecule has 0 saturated carbocycles. The fraction of sp³-hybridized carbons (Fsp3) is 0.273. The summed E-state index contributed by atoms with van der Waals surface area (Å²) < 4.78 is 2.04. The number of aromatic nitrogens is 2. The molecule has 0 aliphatic carbocycles. The largest absolute Gasteiger partial charge is 0.508 e. The number of carbonyl (C=O) groups is 1. The summed E-state index contributed by atoms with van der Waals surface area (Å²) >= 11 is 0. The number of phenolic OH excluding ortho intramolecular Hbond substituents is 1. The SMILES string of the molecule is C=CC(=O)N1CCN(c2c3ccc(-c4ccc(O)cc4)cc3nn2CC)CC1. The molecule has 2 aromatic carbocycles. The Morgan fingerprint density at radius 3 is 2.43 bits per heavy atom. The molecule has 1 aromatic heterocycles. The fourth-order valence-corrected chi connectivity index (χ4v) is 3.78. The van der Waals surface area contributed by atoms with Gasteiger partial charge in [0, 0.05) is 38.1 Å². The van der Waals surface area contributed by atoms with Crippen molar-refractivity contribution in [3.05, 3.63) is 55.1 Å². The molecule has 6 nitrogen and oxygen atoms in total. The van der Waals surface area contributed by atoms with E-state index in [4.69, 9.17) is 5.10 Å². The van der Waals surface area contributed by atoms with Crippen LogP contribution in [0.25, 0.3) is 22.0 Å². The highest BCUT2D eigenvalue weighted by Gasteiger charge is 2.24. The molecule has 28 heavy (non-hydrogen) atoms. The standard InChI is InChI=1S/C22H24N4O2/c1-3-21(28)24-11-13-25(14-12-24)22-19-10-7-17(15-20(19)23-26(22)4-2)16-5-8-18(27)9-6-16/h3,5-10,15,27H,1,4,11-14H2,2H3. The average Bonchev–Trinajstić information content (AvgIpc) is 3.11. The van der Waals surface area contributed by atoms with E-state index in [1.165, 1.54) is 6.08 Å². The van der Waals surface area contributed by atoms with Gasteiger partial charge in [-0.3, -0.25) is 4.79 Å². The zero-order valence-corrected chi connectivity index (χ0v) is 16.0. The zero-order valence-electron chi connectivity index (χ0n) is 16.0. The van der Waals surface area contributed by atoms with Crippen LogP contribution >= 0.6 is 0 Å². The summed E-state index contributed by atoms with van der Waals surface area (Å²) in [6.07, 6.45) is 1.38. The summed E-state index contributed by atoms with van der Waals surface area (Å²) in [6, 6.07) is 13.5. The Hall–Kier alpha value is -3.28. The molecule has 0 atom stereocenters. The van der Waals surface area contributed by atoms with Crippen LogP contribution in [0.5, 0.6) is 5.75 Å². The number of hydrogen-bond acceptors (Lipinski definition) is 4. The van der Waals surface area contributed by atoms with Gasteiger partial charge in [0.1, 0.15) is 11.6 Å². The summed E-state index contributed by atoms with van der Waals surface area (Å²) in [7, 11) is 0. The van der Waals surface area contributed by atoms with Crippen molar-refractivity contribution in [2.45, 2.75) is 13.5 Å². The van der Waals surface area contributed by atoms with Gasteiger partial charge in [0.15, 0.2) is 0 Å². The maximum Gasteiger partial charge on any atom is 0.246 e. The molecule has 0 spiro atoms. The molecule has 1 saturated heterocycles. The minimum atomic E-state index is -0.00736. The summed E-state index contributed by atoms with van der Waals surface area (Å²) in [6.45, 7) is 9.38. The molecular formula is C22H24N4O2. The predicted octanol–water partition coefficient (Wildman–Crippen LogP) is 3.26. The van der Waals surface area contributed by atoms with Gasteiger partial charge in [0.2, 0.25) is 5.91 Å². The molecule has 2 heterocycles. The predicted molar refractivity (Wildman–Crippen MR) is 111 cm³/mol. The molecule has 1 aliphatic rings. The number of hydrogen-bond donors (Lipinski definition) is 1. The van der Waals surface area contributed by atoms with Crippen LogP contribution in [-0.2, 0) is 11.3 Å². The first-order valence-corrected chi connectivity index (χ1v) is 9.57. The quantitative estimate of drug-likeness (QED) is 0.710. The first-order chi connectivity index (χ1) is 13.6. The fourth-order valence-electron chi connectivity index (χ4n) is 3.78. The van der Waals surface area contributed by atoms with Crippen LogP contribution in [0, 0.1) is 0 Å². The molecule has 0 bridgehead atoms. The van der Waals surface area contributed by atoms with E-state index in [0.717, 1.165) is 47.5 Å². The second kappa shape index (κ2) is 7.38. The van der Waals surface area contributed by atoms with Crippen LogP contribution in [0.4, 0.5) is 5.82 Å². The topological polar surface area (TPSA) is 61.6 Å². The zero-order chi connectivity index (χ0) is 19.7. The van der Waals surface area contributed by atoms with Gasteiger partial charge in [-0.1, -0.05) is 24.8 Å². The molecule has 144 valence electrons. The second-order valence-corrected chi connectivity index (χ2v) is 6.93. The average molecular weight is 376 g/mol. The first-order valence-electron chi connectivity index (χ1n) is 9.57. The van der Waals surface area contributed by atoms with Gasteiger partial charge < -0.3 is 14.9 Å². The van der Waals surface area contributed by atoms with Crippen LogP contribution in [0.15, 0.2) is 55.1 Å². The van der Waals surface area contributed by atoms with E-state index in [0.29, 0.717) is 13.1 Å². The van der Waals surface area contributed by atoms with Crippen molar-refractivity contribution in [1.29, 1.82) is 0 Å². The van der Waals surface area contributed by atoms with Crippen LogP contribution in [0.3, 0.4) is 0 Å². The number of piperazine rings is 1. The van der Waals surface area contributed by atoms with E-state index >= 15 is 0 Å². The molecule has 0 unspecified atom stereocenters. The number of aryl methyl sites for hydroxylation is 1. The van der Waals surface area contributed by atoms with Crippen molar-refractivity contribution in [2.24, 2.45) is 0 Å². The van der Waals surface area contributed by atoms with Crippen molar-refractivity contribution in [3.63, 3.8) is 0 Å². The molecule has 3 aromatic rings. The Kier molecular flexibility index (Phi) is 4.77. The number of anilines is 1. The smallest absolute Gasteiger partial charge is 0.246 e. The van der Waals surface area contributed by atoms with Crippen LogP contribution in [0.2, 0.25) is 0 Å². The second-order valence-electron chi connectivity index (χ2n) is 6.93. The number of benzene rings is 2. The van der Waals surface area contributed by atoms with E-state index < -0.39 is 0 Å². The van der Waals surface area contributed by atoms with Crippen molar-refractivity contribution in [3.8, 4) is 16.9 Å². The van der Waals surface area contributed by atoms with Gasteiger partial charge >= 0.3 is 0 Å². The maximum absolute atomic E-state index is 11.8. The molecular weight excluding hydrogens is 352 g/mol. The van der Waals surface area contributed by atoms with Crippen LogP contribution in [0.1, 0.15) is 6.92 Å². The minimum Gasteiger partial charge on any atom is -0.508 e. The highest BCUT2D eigenvalue weighted by molar-refractivity contribution is 5.94. The lowest BCUT2D eigenvalue weighted by molar-refractivity contribution is -0.126. The van der Waals surface area contributed by atoms with Gasteiger partial charge in [-0.05, 0) is 48.4 Å². The third-order valence-electron chi connectivity index (χ3n) is 5.28. The molecule has 1 N–H and O–H groups in total. The Balaban J connectivity index is 1.66. The van der Waals surface area contributed by atoms with E-state index in [2.05, 4.69) is 36.6 Å². The lowest BCUT2D eigenvalue weighted by Gasteiger charge is -2.35. The monoisotopic (exact) mass is 376 g/mol. The van der Waals surface area contributed by atoms with E-state index in [-0.39, 0.29) is 11.7 Å². The van der Waals surface area contributed by atoms with Gasteiger partial charge in [0.05, 0.1) is 5.52 Å². The summed E-state index contributed by atoms with van der Waals surface area (Å²) in [5, 5.41) is 15.4. The third kappa shape index (κ3) is 3.22. The Morgan fingerprint density at radius 2 is 1.79 bits per heavy atom. The first kappa shape index (κ1) is 18.1. The molecule has 0 radical (unpaired) electrons. The van der Waals surface area contributed by atoms with Crippen molar-refractivity contribution in [1.82, 2.24) is 14.7 Å². The summed E-state index contributed by atoms with van der Waals surface area (Å²) in [4.78, 5) is 16.0. The summed E-state index contributed by atoms with van der Waals surface area (Å²) in [5.41, 5.74) is 3.07. The van der Waals surface area contributed by atoms with E-state index in [9.17, 15) is 9.90 Å². The Labute approximate surface area is 164 Å². The van der Waals surface area contributed by atoms with Crippen LogP contribution in [-0.4, -0.2) is 51.9 Å². The molecule has 1 amide bonds. The summed E-state index contributed by atoms with van der Waals surface area (Å²) in [5.74, 6) is 1.36. The number of amides is 1. The van der Waals surface area contributed by atoms with Gasteiger partial charge in [-0.25, -0.2) is 4.68 Å². The van der Waals surface area contributed by atoms with Crippen molar-refractivity contribution >= 4 is 22.6 Å². The number of nitrogens with zero attached hydrogens (tertiary/aromatic N) is 4. The number of fused-ring (bicyclic) bond motifs is 1. The van der Waals surface area contributed by atoms with Gasteiger partial charge in [0.25, 0.3) is 0 Å². The van der Waals surface area contributed by atoms with Crippen molar-refractivity contribution < 1.29 is 9.90 Å². The van der Waals surface area contributed by atoms with Gasteiger partial charge in [-0.15, -0.1) is 0 Å². The normalized spacial score (nSPS) is 14.5. The minimum absolute atomic E-state index is 0.00736. The van der Waals surface area contributed by atoms with E-state index in [1.54, 1.807) is 12.1 Å². The molecule has 1 fully saturated rings. The Morgan fingerprint density at radius 1 is 1.11 bits per heavy atom. The van der Waals surface area contributed by atoms with E-state index in [1.807, 2.05) is 21.7 Å². The third-order valence-corrected chi connectivity index (χ3v) is 5.28. The van der Waals surface area contributed by atoms with Crippen LogP contribution < -0.4 is 4.90 Å². The van der Waals surface area contributed by atoms with Crippen molar-refractivity contribution in [2.75, 3.05) is 31.1 Å². The van der Waals surface area contributed by atoms with Gasteiger partial charge in [-0.2, -0.15) is 5.10 Å². The maximum atomic E-state index is 11.8.